The minimum Gasteiger partial charge on any atom is -0.497 e. The molecule has 2 atom stereocenters. The number of amides is 1. The number of hydrogen-bond acceptors (Lipinski definition) is 8. The van der Waals surface area contributed by atoms with Crippen LogP contribution in [0.15, 0.2) is 54.8 Å². The molecule has 9 nitrogen and oxygen atoms in total. The van der Waals surface area contributed by atoms with Gasteiger partial charge in [-0.1, -0.05) is 24.3 Å². The average molecular weight is 433 g/mol. The normalized spacial score (nSPS) is 20.6. The van der Waals surface area contributed by atoms with E-state index in [4.69, 9.17) is 10.5 Å². The highest BCUT2D eigenvalue weighted by molar-refractivity contribution is 7.92. The first-order chi connectivity index (χ1) is 14.2. The largest absolute Gasteiger partial charge is 0.497 e. The number of primary amides is 1. The molecular weight excluding hydrogens is 413 g/mol. The number of sulfone groups is 1. The minimum absolute atomic E-state index is 0.178. The number of methoxy groups -OCH3 is 1. The van der Waals surface area contributed by atoms with Crippen LogP contribution in [-0.4, -0.2) is 48.6 Å². The summed E-state index contributed by atoms with van der Waals surface area (Å²) in [5.41, 5.74) is 5.61. The molecule has 1 heterocycles. The lowest BCUT2D eigenvalue weighted by molar-refractivity contribution is 0.1000. The van der Waals surface area contributed by atoms with Crippen molar-refractivity contribution in [1.29, 1.82) is 0 Å². The van der Waals surface area contributed by atoms with Crippen molar-refractivity contribution in [2.24, 2.45) is 5.73 Å². The van der Waals surface area contributed by atoms with E-state index in [9.17, 15) is 17.6 Å². The van der Waals surface area contributed by atoms with E-state index in [1.54, 1.807) is 42.5 Å². The van der Waals surface area contributed by atoms with E-state index in [1.165, 1.54) is 13.2 Å². The van der Waals surface area contributed by atoms with Crippen molar-refractivity contribution in [2.45, 2.75) is 10.9 Å². The van der Waals surface area contributed by atoms with Crippen LogP contribution >= 0.6 is 0 Å². The van der Waals surface area contributed by atoms with Gasteiger partial charge >= 0.3 is 6.08 Å². The van der Waals surface area contributed by atoms with Gasteiger partial charge in [0.15, 0.2) is 14.7 Å². The molecule has 1 aromatic carbocycles. The number of aromatic nitrogens is 2. The number of carbonyl (C=O) groups excluding carboxylic acids is 1. The molecule has 1 amide bonds. The van der Waals surface area contributed by atoms with Crippen LogP contribution in [0.5, 0.6) is 5.75 Å². The Morgan fingerprint density at radius 3 is 2.77 bits per heavy atom. The van der Waals surface area contributed by atoms with Crippen LogP contribution in [0.4, 0.5) is 15.9 Å². The number of nitrogens with zero attached hydrogens (tertiary/aromatic N) is 2. The lowest BCUT2D eigenvalue weighted by Crippen LogP contribution is -2.57. The molecule has 0 fully saturated rings. The number of carbonyl (C=O) groups is 1. The van der Waals surface area contributed by atoms with Gasteiger partial charge in [0.05, 0.1) is 13.2 Å². The predicted octanol–water partition coefficient (Wildman–Crippen LogP) is 1.48. The van der Waals surface area contributed by atoms with Crippen molar-refractivity contribution in [3.63, 3.8) is 0 Å². The molecule has 30 heavy (non-hydrogen) atoms. The number of nitrogens with two attached hydrogens (primary N) is 1. The van der Waals surface area contributed by atoms with Crippen LogP contribution < -0.4 is 21.1 Å². The Balaban J connectivity index is 2.08. The topological polar surface area (TPSA) is 136 Å². The molecule has 1 aliphatic carbocycles. The summed E-state index contributed by atoms with van der Waals surface area (Å²) in [5, 5.41) is 5.84. The highest BCUT2D eigenvalue weighted by atomic mass is 32.2. The molecular formula is C19H20FN5O4S. The molecule has 0 saturated heterocycles. The molecule has 0 spiro atoms. The minimum atomic E-state index is -3.82. The first kappa shape index (κ1) is 21.2. The monoisotopic (exact) mass is 433 g/mol. The lowest BCUT2D eigenvalue weighted by atomic mass is 10.0. The van der Waals surface area contributed by atoms with Crippen molar-refractivity contribution in [2.75, 3.05) is 24.0 Å². The molecule has 3 rings (SSSR count). The van der Waals surface area contributed by atoms with Crippen LogP contribution in [0, 0.1) is 6.08 Å². The smallest absolute Gasteiger partial charge is 0.310 e. The number of ether oxygens (including phenoxy) is 1. The third-order valence-electron chi connectivity index (χ3n) is 4.56. The van der Waals surface area contributed by atoms with Gasteiger partial charge in [0.25, 0.3) is 5.91 Å². The molecule has 1 aromatic heterocycles. The molecule has 0 bridgehead atoms. The molecule has 1 aliphatic rings. The summed E-state index contributed by atoms with van der Waals surface area (Å²) in [6.45, 7) is 0. The van der Waals surface area contributed by atoms with Crippen LogP contribution in [0.1, 0.15) is 10.4 Å². The van der Waals surface area contributed by atoms with Gasteiger partial charge in [0.1, 0.15) is 17.1 Å². The Bertz CT molecular complexity index is 1140. The number of nitrogens with one attached hydrogen (secondary N) is 2. The van der Waals surface area contributed by atoms with Gasteiger partial charge in [0.2, 0.25) is 0 Å². The van der Waals surface area contributed by atoms with Crippen LogP contribution in [0.25, 0.3) is 0 Å². The molecule has 0 radical (unpaired) electrons. The third kappa shape index (κ3) is 4.10. The van der Waals surface area contributed by atoms with Gasteiger partial charge < -0.3 is 21.1 Å². The molecule has 158 valence electrons. The highest BCUT2D eigenvalue weighted by Gasteiger charge is 2.46. The first-order valence-corrected chi connectivity index (χ1v) is 10.6. The zero-order valence-electron chi connectivity index (χ0n) is 16.2. The van der Waals surface area contributed by atoms with Gasteiger partial charge in [-0.2, -0.15) is 9.37 Å². The molecule has 0 saturated carbocycles. The van der Waals surface area contributed by atoms with Gasteiger partial charge in [-0.25, -0.2) is 13.4 Å². The number of allylic oxidation sites excluding steroid dienone is 2. The van der Waals surface area contributed by atoms with Crippen molar-refractivity contribution in [3.05, 3.63) is 66.4 Å². The van der Waals surface area contributed by atoms with Crippen molar-refractivity contribution in [3.8, 4) is 5.75 Å². The molecule has 2 aromatic rings. The van der Waals surface area contributed by atoms with Crippen molar-refractivity contribution < 1.29 is 22.3 Å². The van der Waals surface area contributed by atoms with Crippen LogP contribution in [0.3, 0.4) is 0 Å². The SMILES string of the molecule is COc1cccc(NC2(S(C)(=O)=O)C=CC=CC2Nc2nc(F)ncc2C(N)=O)c1. The fourth-order valence-electron chi connectivity index (χ4n) is 3.07. The van der Waals surface area contributed by atoms with E-state index in [0.29, 0.717) is 11.4 Å². The summed E-state index contributed by atoms with van der Waals surface area (Å²) in [5.74, 6) is -0.587. The number of rotatable bonds is 7. The second-order valence-electron chi connectivity index (χ2n) is 6.55. The quantitative estimate of drug-likeness (QED) is 0.559. The third-order valence-corrected chi connectivity index (χ3v) is 6.28. The molecule has 0 aliphatic heterocycles. The van der Waals surface area contributed by atoms with Gasteiger partial charge in [0, 0.05) is 24.2 Å². The number of anilines is 2. The number of hydrogen-bond donors (Lipinski definition) is 3. The molecule has 4 N–H and O–H groups in total. The summed E-state index contributed by atoms with van der Waals surface area (Å²) in [6.07, 6.45) is 7.11. The van der Waals surface area contributed by atoms with Gasteiger partial charge in [-0.3, -0.25) is 4.79 Å². The van der Waals surface area contributed by atoms with E-state index in [0.717, 1.165) is 12.5 Å². The lowest BCUT2D eigenvalue weighted by Gasteiger charge is -2.39. The number of benzene rings is 1. The Morgan fingerprint density at radius 1 is 1.33 bits per heavy atom. The maximum Gasteiger partial charge on any atom is 0.310 e. The maximum absolute atomic E-state index is 13.6. The summed E-state index contributed by atoms with van der Waals surface area (Å²) in [4.78, 5) is 16.9. The molecule has 2 unspecified atom stereocenters. The predicted molar refractivity (Wildman–Crippen MR) is 110 cm³/mol. The van der Waals surface area contributed by atoms with Crippen LogP contribution in [0.2, 0.25) is 0 Å². The second kappa shape index (κ2) is 8.11. The Labute approximate surface area is 172 Å². The second-order valence-corrected chi connectivity index (χ2v) is 8.77. The van der Waals surface area contributed by atoms with E-state index in [2.05, 4.69) is 20.6 Å². The van der Waals surface area contributed by atoms with Gasteiger partial charge in [-0.15, -0.1) is 0 Å². The van der Waals surface area contributed by atoms with Gasteiger partial charge in [-0.05, 0) is 18.2 Å². The summed E-state index contributed by atoms with van der Waals surface area (Å²) in [6, 6.07) is 5.75. The van der Waals surface area contributed by atoms with Crippen LogP contribution in [-0.2, 0) is 9.84 Å². The summed E-state index contributed by atoms with van der Waals surface area (Å²) >= 11 is 0. The Hall–Kier alpha value is -3.47. The Kier molecular flexibility index (Phi) is 5.74. The maximum atomic E-state index is 13.6. The average Bonchev–Trinajstić information content (AvgIpc) is 2.68. The van der Waals surface area contributed by atoms with E-state index < -0.39 is 32.7 Å². The van der Waals surface area contributed by atoms with Crippen molar-refractivity contribution in [1.82, 2.24) is 9.97 Å². The fraction of sp³-hybridized carbons (Fsp3) is 0.211. The van der Waals surface area contributed by atoms with E-state index >= 15 is 0 Å². The fourth-order valence-corrected chi connectivity index (χ4v) is 4.29. The molecule has 11 heteroatoms. The van der Waals surface area contributed by atoms with E-state index in [1.807, 2.05) is 0 Å². The summed E-state index contributed by atoms with van der Waals surface area (Å²) in [7, 11) is -2.33. The zero-order chi connectivity index (χ0) is 21.9. The number of halogens is 1. The first-order valence-electron chi connectivity index (χ1n) is 8.73. The highest BCUT2D eigenvalue weighted by Crippen LogP contribution is 2.32. The zero-order valence-corrected chi connectivity index (χ0v) is 17.0. The summed E-state index contributed by atoms with van der Waals surface area (Å²) < 4.78 is 44.7. The van der Waals surface area contributed by atoms with E-state index in [-0.39, 0.29) is 11.4 Å². The van der Waals surface area contributed by atoms with Crippen molar-refractivity contribution >= 4 is 27.2 Å². The Morgan fingerprint density at radius 2 is 2.10 bits per heavy atom. The standard InChI is InChI=1S/C19H20FN5O4S/c1-29-13-7-5-6-12(10-13)25-19(30(2,27)28)9-4-3-8-15(19)23-17-14(16(21)26)11-22-18(20)24-17/h3-11,15,25H,1-2H3,(H2,21,26)(H,22,23,24).